The van der Waals surface area contributed by atoms with E-state index in [0.717, 1.165) is 43.7 Å². The molecule has 0 aliphatic carbocycles. The van der Waals surface area contributed by atoms with Gasteiger partial charge in [0.25, 0.3) is 0 Å². The number of nitrogens with one attached hydrogen (secondary N) is 2. The molecular weight excluding hydrogens is 813 g/mol. The van der Waals surface area contributed by atoms with Crippen LogP contribution in [-0.4, -0.2) is 13.0 Å². The molecule has 2 aliphatic heterocycles. The maximum Gasteiger partial charge on any atom is 0.223 e. The lowest BCUT2D eigenvalue weighted by atomic mass is 9.62. The average molecular weight is 855 g/mol. The first-order valence-corrected chi connectivity index (χ1v) is 23.3. The van der Waals surface area contributed by atoms with Crippen LogP contribution in [0.1, 0.15) is 33.4 Å². The number of hydrogen-bond donors (Lipinski definition) is 2. The molecule has 11 rings (SSSR count). The summed E-state index contributed by atoms with van der Waals surface area (Å²) in [5, 5.41) is 3.22. The van der Waals surface area contributed by atoms with Gasteiger partial charge in [0.2, 0.25) is 9.84 Å². The smallest absolute Gasteiger partial charge is 0.223 e. The number of para-hydroxylation sites is 2. The van der Waals surface area contributed by atoms with E-state index in [-0.39, 0.29) is 9.92 Å². The van der Waals surface area contributed by atoms with E-state index in [2.05, 4.69) is 204 Å². The van der Waals surface area contributed by atoms with Crippen LogP contribution >= 0.6 is 11.8 Å². The van der Waals surface area contributed by atoms with Gasteiger partial charge in [0.15, 0.2) is 5.03 Å². The van der Waals surface area contributed by atoms with Crippen molar-refractivity contribution in [3.05, 3.63) is 250 Å². The van der Waals surface area contributed by atoms with Crippen LogP contribution in [0.2, 0.25) is 0 Å². The number of fused-ring (bicyclic) bond motifs is 5. The lowest BCUT2D eigenvalue weighted by Gasteiger charge is -2.46. The highest BCUT2D eigenvalue weighted by molar-refractivity contribution is 8.03. The van der Waals surface area contributed by atoms with Gasteiger partial charge < -0.3 is 9.47 Å². The molecule has 8 aromatic carbocycles. The Balaban J connectivity index is 0.866. The molecule has 0 unspecified atom stereocenters. The zero-order valence-electron chi connectivity index (χ0n) is 34.7. The van der Waals surface area contributed by atoms with Gasteiger partial charge in [0.05, 0.1) is 37.7 Å². The van der Waals surface area contributed by atoms with Crippen LogP contribution in [-0.2, 0) is 15.3 Å². The molecule has 0 spiro atoms. The second-order valence-electron chi connectivity index (χ2n) is 16.1. The van der Waals surface area contributed by atoms with E-state index in [9.17, 15) is 8.42 Å². The van der Waals surface area contributed by atoms with Crippen LogP contribution in [0.15, 0.2) is 226 Å². The molecule has 63 heavy (non-hydrogen) atoms. The number of thioether (sulfide) groups is 1. The zero-order valence-corrected chi connectivity index (χ0v) is 36.3. The number of nitrogens with zero attached hydrogens (tertiary/aromatic N) is 2. The first-order chi connectivity index (χ1) is 30.8. The number of aromatic nitrogens is 1. The molecule has 6 nitrogen and oxygen atoms in total. The Kier molecular flexibility index (Phi) is 9.37. The summed E-state index contributed by atoms with van der Waals surface area (Å²) in [6.07, 6.45) is 3.43. The molecule has 0 amide bonds. The van der Waals surface area contributed by atoms with Crippen LogP contribution in [0.5, 0.6) is 0 Å². The summed E-state index contributed by atoms with van der Waals surface area (Å²) in [6.45, 7) is 4.20. The van der Waals surface area contributed by atoms with Crippen LogP contribution in [0.4, 0.5) is 17.1 Å². The summed E-state index contributed by atoms with van der Waals surface area (Å²) in [5.41, 5.74) is 19.2. The number of hydrogen-bond acceptors (Lipinski definition) is 6. The minimum absolute atomic E-state index is 0.0854. The van der Waals surface area contributed by atoms with Gasteiger partial charge in [0, 0.05) is 27.0 Å². The van der Waals surface area contributed by atoms with Crippen LogP contribution in [0.25, 0.3) is 27.5 Å². The van der Waals surface area contributed by atoms with Crippen LogP contribution in [0, 0.1) is 13.8 Å². The van der Waals surface area contributed by atoms with E-state index >= 15 is 0 Å². The van der Waals surface area contributed by atoms with E-state index in [1.807, 2.05) is 18.2 Å². The molecule has 0 saturated heterocycles. The van der Waals surface area contributed by atoms with E-state index in [4.69, 9.17) is 0 Å². The molecule has 0 radical (unpaired) electrons. The minimum Gasteiger partial charge on any atom is -0.310 e. The number of sulfone groups is 1. The van der Waals surface area contributed by atoms with E-state index < -0.39 is 15.3 Å². The largest absolute Gasteiger partial charge is 0.310 e. The highest BCUT2D eigenvalue weighted by atomic mass is 32.2. The lowest BCUT2D eigenvalue weighted by Crippen LogP contribution is -2.37. The Bertz CT molecular complexity index is 3250. The van der Waals surface area contributed by atoms with Crippen molar-refractivity contribution in [3.63, 3.8) is 0 Å². The molecular formula is C55H42N4O2S2. The number of anilines is 3. The summed E-state index contributed by atoms with van der Waals surface area (Å²) in [4.78, 5) is 3.58. The minimum atomic E-state index is -3.83. The van der Waals surface area contributed by atoms with Crippen molar-refractivity contribution < 1.29 is 8.42 Å². The monoisotopic (exact) mass is 854 g/mol. The van der Waals surface area contributed by atoms with Crippen molar-refractivity contribution in [1.82, 2.24) is 15.4 Å². The molecule has 3 heterocycles. The molecule has 2 aliphatic rings. The van der Waals surface area contributed by atoms with E-state index in [1.54, 1.807) is 18.2 Å². The first-order valence-electron chi connectivity index (χ1n) is 21.0. The number of hydrazine groups is 1. The van der Waals surface area contributed by atoms with Gasteiger partial charge in [-0.2, -0.15) is 0 Å². The quantitative estimate of drug-likeness (QED) is 0.159. The number of aryl methyl sites for hydroxylation is 2. The summed E-state index contributed by atoms with van der Waals surface area (Å²) in [6, 6.07) is 67.7. The number of rotatable bonds is 8. The SMILES string of the molecule is Cc1ccc2c(c1)c1cc(C)ccc1n2-c1ccc(S(=O)(=O)C2=CC=C(Sc3ccc(N4c5ccccc5C(c5ccccc5)(c5ccccc5)c5ccccc54)cc3)NN2)cc1. The summed E-state index contributed by atoms with van der Waals surface area (Å²) in [5.74, 6) is 0. The van der Waals surface area contributed by atoms with Gasteiger partial charge in [-0.15, -0.1) is 0 Å². The fourth-order valence-electron chi connectivity index (χ4n) is 9.48. The summed E-state index contributed by atoms with van der Waals surface area (Å²) < 4.78 is 30.0. The van der Waals surface area contributed by atoms with E-state index in [0.29, 0.717) is 0 Å². The molecule has 0 fully saturated rings. The third kappa shape index (κ3) is 6.36. The molecule has 9 aromatic rings. The van der Waals surface area contributed by atoms with Crippen molar-refractivity contribution in [2.45, 2.75) is 29.1 Å². The maximum absolute atomic E-state index is 13.9. The van der Waals surface area contributed by atoms with Gasteiger partial charge in [-0.05, 0) is 133 Å². The predicted molar refractivity (Wildman–Crippen MR) is 259 cm³/mol. The van der Waals surface area contributed by atoms with Gasteiger partial charge in [-0.3, -0.25) is 10.9 Å². The summed E-state index contributed by atoms with van der Waals surface area (Å²) >= 11 is 1.52. The molecule has 0 saturated carbocycles. The third-order valence-corrected chi connectivity index (χ3v) is 15.0. The zero-order chi connectivity index (χ0) is 42.7. The van der Waals surface area contributed by atoms with Gasteiger partial charge >= 0.3 is 0 Å². The Morgan fingerprint density at radius 2 is 1.02 bits per heavy atom. The van der Waals surface area contributed by atoms with Crippen molar-refractivity contribution in [3.8, 4) is 5.69 Å². The molecule has 2 N–H and O–H groups in total. The Morgan fingerprint density at radius 1 is 0.508 bits per heavy atom. The second kappa shape index (κ2) is 15.3. The summed E-state index contributed by atoms with van der Waals surface area (Å²) in [7, 11) is -3.83. The highest BCUT2D eigenvalue weighted by Gasteiger charge is 2.46. The van der Waals surface area contributed by atoms with Crippen molar-refractivity contribution >= 4 is 60.5 Å². The van der Waals surface area contributed by atoms with Crippen molar-refractivity contribution in [2.75, 3.05) is 4.90 Å². The van der Waals surface area contributed by atoms with Gasteiger partial charge in [-0.1, -0.05) is 132 Å². The highest BCUT2D eigenvalue weighted by Crippen LogP contribution is 2.57. The first kappa shape index (κ1) is 38.6. The topological polar surface area (TPSA) is 66.4 Å². The van der Waals surface area contributed by atoms with Crippen LogP contribution in [0.3, 0.4) is 0 Å². The Morgan fingerprint density at radius 3 is 1.54 bits per heavy atom. The van der Waals surface area contributed by atoms with Crippen molar-refractivity contribution in [2.24, 2.45) is 0 Å². The normalized spacial score (nSPS) is 14.3. The molecule has 0 bridgehead atoms. The van der Waals surface area contributed by atoms with Crippen LogP contribution < -0.4 is 15.8 Å². The molecule has 306 valence electrons. The number of benzene rings is 8. The van der Waals surface area contributed by atoms with Gasteiger partial charge in [0.1, 0.15) is 0 Å². The standard InChI is InChI=1S/C55H42N4O2S2/c1-37-21-31-49-45(35-37)46-36-38(2)22-32-50(46)58(49)42-25-29-44(30-26-42)63(60,61)54-34-33-53(56-57-54)62-43-27-23-41(24-28-43)59-51-19-11-9-17-47(51)55(39-13-5-3-6-14-39,40-15-7-4-8-16-40)48-18-10-12-20-52(48)59/h3-36,56-57H,1-2H3. The molecule has 0 atom stereocenters. The van der Waals surface area contributed by atoms with E-state index in [1.165, 1.54) is 55.9 Å². The van der Waals surface area contributed by atoms with Crippen molar-refractivity contribution in [1.29, 1.82) is 0 Å². The number of allylic oxidation sites excluding steroid dienone is 2. The second-order valence-corrected chi connectivity index (χ2v) is 19.2. The fraction of sp³-hybridized carbons (Fsp3) is 0.0545. The average Bonchev–Trinajstić information content (AvgIpc) is 3.64. The lowest BCUT2D eigenvalue weighted by molar-refractivity contribution is 0.592. The third-order valence-electron chi connectivity index (χ3n) is 12.3. The van der Waals surface area contributed by atoms with Gasteiger partial charge in [-0.25, -0.2) is 8.42 Å². The molecule has 8 heteroatoms. The Hall–Kier alpha value is -7.26. The Labute approximate surface area is 371 Å². The fourth-order valence-corrected chi connectivity index (χ4v) is 11.4. The predicted octanol–water partition coefficient (Wildman–Crippen LogP) is 12.9. The molecule has 1 aromatic heterocycles. The maximum atomic E-state index is 13.9.